The first-order chi connectivity index (χ1) is 13.2. The number of rotatable bonds is 3. The maximum Gasteiger partial charge on any atom is 0.227 e. The SMILES string of the molecule is CC(C)CC(C)(C)C1CC2(C(=O)N1)C(C)(C)CC(C)(C)CN(C)CC(C)(C)C2(C)C. The van der Waals surface area contributed by atoms with Crippen LogP contribution in [0.25, 0.3) is 0 Å². The van der Waals surface area contributed by atoms with Crippen LogP contribution in [0.3, 0.4) is 0 Å². The van der Waals surface area contributed by atoms with Gasteiger partial charge in [0.1, 0.15) is 0 Å². The van der Waals surface area contributed by atoms with Crippen LogP contribution in [0, 0.1) is 38.4 Å². The van der Waals surface area contributed by atoms with Gasteiger partial charge in [0, 0.05) is 19.1 Å². The number of hydrogen-bond donors (Lipinski definition) is 1. The van der Waals surface area contributed by atoms with E-state index in [1.165, 1.54) is 0 Å². The molecule has 2 atom stereocenters. The Kier molecular flexibility index (Phi) is 6.42. The van der Waals surface area contributed by atoms with Crippen molar-refractivity contribution in [2.45, 2.75) is 108 Å². The molecule has 0 saturated carbocycles. The molecule has 0 aromatic carbocycles. The van der Waals surface area contributed by atoms with Crippen molar-refractivity contribution in [2.24, 2.45) is 38.4 Å². The lowest BCUT2D eigenvalue weighted by atomic mass is 9.43. The van der Waals surface area contributed by atoms with E-state index in [1.54, 1.807) is 0 Å². The van der Waals surface area contributed by atoms with Crippen molar-refractivity contribution in [2.75, 3.05) is 20.1 Å². The summed E-state index contributed by atoms with van der Waals surface area (Å²) in [5.41, 5.74) is -0.388. The van der Waals surface area contributed by atoms with E-state index < -0.39 is 5.41 Å². The van der Waals surface area contributed by atoms with E-state index in [0.29, 0.717) is 11.8 Å². The fraction of sp³-hybridized carbons (Fsp3) is 0.963. The van der Waals surface area contributed by atoms with Crippen molar-refractivity contribution in [1.82, 2.24) is 10.2 Å². The van der Waals surface area contributed by atoms with Crippen molar-refractivity contribution in [3.05, 3.63) is 0 Å². The van der Waals surface area contributed by atoms with E-state index in [0.717, 1.165) is 32.4 Å². The van der Waals surface area contributed by atoms with Gasteiger partial charge >= 0.3 is 0 Å². The smallest absolute Gasteiger partial charge is 0.227 e. The van der Waals surface area contributed by atoms with Crippen LogP contribution < -0.4 is 5.32 Å². The predicted molar refractivity (Wildman–Crippen MR) is 129 cm³/mol. The third-order valence-electron chi connectivity index (χ3n) is 9.28. The second kappa shape index (κ2) is 7.49. The van der Waals surface area contributed by atoms with E-state index >= 15 is 0 Å². The van der Waals surface area contributed by atoms with Gasteiger partial charge in [-0.1, -0.05) is 83.1 Å². The molecule has 2 fully saturated rings. The summed E-state index contributed by atoms with van der Waals surface area (Å²) in [5, 5.41) is 3.56. The van der Waals surface area contributed by atoms with Gasteiger partial charge < -0.3 is 10.2 Å². The summed E-state index contributed by atoms with van der Waals surface area (Å²) in [6.45, 7) is 30.5. The summed E-state index contributed by atoms with van der Waals surface area (Å²) < 4.78 is 0. The highest BCUT2D eigenvalue weighted by atomic mass is 16.2. The lowest BCUT2D eigenvalue weighted by molar-refractivity contribution is -0.161. The largest absolute Gasteiger partial charge is 0.352 e. The molecule has 0 aliphatic carbocycles. The zero-order chi connectivity index (χ0) is 23.6. The molecule has 2 aliphatic heterocycles. The van der Waals surface area contributed by atoms with Gasteiger partial charge in [-0.2, -0.15) is 0 Å². The fourth-order valence-corrected chi connectivity index (χ4v) is 8.01. The summed E-state index contributed by atoms with van der Waals surface area (Å²) >= 11 is 0. The second-order valence-corrected chi connectivity index (χ2v) is 14.6. The first-order valence-electron chi connectivity index (χ1n) is 12.2. The first-order valence-corrected chi connectivity index (χ1v) is 12.2. The average molecular weight is 421 g/mol. The van der Waals surface area contributed by atoms with Crippen LogP contribution in [0.5, 0.6) is 0 Å². The van der Waals surface area contributed by atoms with Crippen molar-refractivity contribution in [3.63, 3.8) is 0 Å². The van der Waals surface area contributed by atoms with E-state index in [2.05, 4.69) is 100 Å². The molecular weight excluding hydrogens is 368 g/mol. The van der Waals surface area contributed by atoms with Gasteiger partial charge in [0.2, 0.25) is 5.91 Å². The summed E-state index contributed by atoms with van der Waals surface area (Å²) in [5.74, 6) is 0.923. The molecule has 0 aromatic rings. The van der Waals surface area contributed by atoms with E-state index in [9.17, 15) is 4.79 Å². The molecule has 2 rings (SSSR count). The van der Waals surface area contributed by atoms with Crippen LogP contribution >= 0.6 is 0 Å². The van der Waals surface area contributed by atoms with Crippen LogP contribution in [0.4, 0.5) is 0 Å². The number of carbonyl (C=O) groups excluding carboxylic acids is 1. The Morgan fingerprint density at radius 1 is 1.00 bits per heavy atom. The molecule has 0 aromatic heterocycles. The molecule has 3 nitrogen and oxygen atoms in total. The molecule has 30 heavy (non-hydrogen) atoms. The number of carbonyl (C=O) groups is 1. The monoisotopic (exact) mass is 420 g/mol. The van der Waals surface area contributed by atoms with Gasteiger partial charge in [0.25, 0.3) is 0 Å². The van der Waals surface area contributed by atoms with Crippen LogP contribution in [0.1, 0.15) is 102 Å². The maximum absolute atomic E-state index is 14.2. The molecule has 2 aliphatic rings. The van der Waals surface area contributed by atoms with Crippen LogP contribution in [0.2, 0.25) is 0 Å². The van der Waals surface area contributed by atoms with Crippen LogP contribution in [-0.2, 0) is 4.79 Å². The van der Waals surface area contributed by atoms with Crippen LogP contribution in [0.15, 0.2) is 0 Å². The molecule has 2 saturated heterocycles. The highest BCUT2D eigenvalue weighted by molar-refractivity contribution is 5.87. The molecule has 1 spiro atoms. The summed E-state index contributed by atoms with van der Waals surface area (Å²) in [7, 11) is 2.26. The lowest BCUT2D eigenvalue weighted by Gasteiger charge is -2.59. The third kappa shape index (κ3) is 4.09. The second-order valence-electron chi connectivity index (χ2n) is 14.6. The van der Waals surface area contributed by atoms with Gasteiger partial charge in [-0.15, -0.1) is 0 Å². The van der Waals surface area contributed by atoms with E-state index in [-0.39, 0.29) is 33.1 Å². The zero-order valence-corrected chi connectivity index (χ0v) is 22.5. The van der Waals surface area contributed by atoms with Crippen molar-refractivity contribution in [3.8, 4) is 0 Å². The van der Waals surface area contributed by atoms with Crippen molar-refractivity contribution < 1.29 is 4.79 Å². The van der Waals surface area contributed by atoms with Gasteiger partial charge in [0.15, 0.2) is 0 Å². The summed E-state index contributed by atoms with van der Waals surface area (Å²) in [6, 6.07) is 0.225. The topological polar surface area (TPSA) is 32.3 Å². The van der Waals surface area contributed by atoms with Gasteiger partial charge in [-0.3, -0.25) is 4.79 Å². The van der Waals surface area contributed by atoms with Crippen LogP contribution in [-0.4, -0.2) is 37.0 Å². The standard InChI is InChI=1S/C27H52N2O/c1-19(2)14-23(5,6)20-15-27(21(30)28-20)24(7,8)16-22(3,4)17-29(13)18-25(9,10)26(27,11)12/h19-20H,14-18H2,1-13H3,(H,28,30). The Balaban J connectivity index is 2.68. The Morgan fingerprint density at radius 3 is 2.03 bits per heavy atom. The minimum atomic E-state index is -0.398. The summed E-state index contributed by atoms with van der Waals surface area (Å²) in [6.07, 6.45) is 3.12. The quantitative estimate of drug-likeness (QED) is 0.575. The molecule has 1 amide bonds. The number of amides is 1. The normalized spacial score (nSPS) is 33.8. The Hall–Kier alpha value is -0.570. The van der Waals surface area contributed by atoms with E-state index in [1.807, 2.05) is 0 Å². The Labute approximate surface area is 188 Å². The van der Waals surface area contributed by atoms with Gasteiger partial charge in [0.05, 0.1) is 5.41 Å². The minimum absolute atomic E-state index is 0.00780. The lowest BCUT2D eigenvalue weighted by Crippen LogP contribution is -2.60. The third-order valence-corrected chi connectivity index (χ3v) is 9.28. The first kappa shape index (κ1) is 25.7. The maximum atomic E-state index is 14.2. The van der Waals surface area contributed by atoms with E-state index in [4.69, 9.17) is 0 Å². The molecule has 3 heteroatoms. The Morgan fingerprint density at radius 2 is 1.53 bits per heavy atom. The highest BCUT2D eigenvalue weighted by Gasteiger charge is 2.68. The molecule has 1 N–H and O–H groups in total. The molecule has 176 valence electrons. The van der Waals surface area contributed by atoms with Crippen molar-refractivity contribution in [1.29, 1.82) is 0 Å². The molecule has 0 radical (unpaired) electrons. The number of nitrogens with one attached hydrogen (secondary N) is 1. The summed E-state index contributed by atoms with van der Waals surface area (Å²) in [4.78, 5) is 16.7. The van der Waals surface area contributed by atoms with Gasteiger partial charge in [-0.05, 0) is 59.3 Å². The molecule has 0 bridgehead atoms. The predicted octanol–water partition coefficient (Wildman–Crippen LogP) is 6.37. The highest BCUT2D eigenvalue weighted by Crippen LogP contribution is 2.67. The zero-order valence-electron chi connectivity index (χ0n) is 22.5. The minimum Gasteiger partial charge on any atom is -0.352 e. The van der Waals surface area contributed by atoms with Gasteiger partial charge in [-0.25, -0.2) is 0 Å². The molecule has 2 heterocycles. The number of hydrogen-bond acceptors (Lipinski definition) is 2. The Bertz CT molecular complexity index is 656. The fourth-order valence-electron chi connectivity index (χ4n) is 8.01. The number of nitrogens with zero attached hydrogens (tertiary/aromatic N) is 1. The van der Waals surface area contributed by atoms with Crippen molar-refractivity contribution >= 4 is 5.91 Å². The molecular formula is C27H52N2O. The molecule has 2 unspecified atom stereocenters. The average Bonchev–Trinajstić information content (AvgIpc) is 2.82.